The predicted molar refractivity (Wildman–Crippen MR) is 51.4 cm³/mol. The van der Waals surface area contributed by atoms with E-state index in [1.54, 1.807) is 13.8 Å². The Bertz CT molecular complexity index is 350. The lowest BCUT2D eigenvalue weighted by Crippen LogP contribution is -2.32. The summed E-state index contributed by atoms with van der Waals surface area (Å²) in [5, 5.41) is 0. The minimum Gasteiger partial charge on any atom is -0.329 e. The predicted octanol–water partition coefficient (Wildman–Crippen LogP) is 1.39. The number of rotatable bonds is 3. The SMILES string of the molecule is CC(C)(CN)C(=O)c1cncc(F)c1. The maximum atomic E-state index is 12.8. The van der Waals surface area contributed by atoms with Crippen LogP contribution in [0.3, 0.4) is 0 Å². The normalized spacial score (nSPS) is 11.4. The van der Waals surface area contributed by atoms with Crippen LogP contribution in [0.2, 0.25) is 0 Å². The number of ketones is 1. The third-order valence-electron chi connectivity index (χ3n) is 2.09. The van der Waals surface area contributed by atoms with Crippen LogP contribution in [0.15, 0.2) is 18.5 Å². The molecule has 1 aromatic heterocycles. The Kier molecular flexibility index (Phi) is 2.96. The van der Waals surface area contributed by atoms with Crippen molar-refractivity contribution >= 4 is 5.78 Å². The van der Waals surface area contributed by atoms with Crippen LogP contribution in [0, 0.1) is 11.2 Å². The van der Waals surface area contributed by atoms with E-state index < -0.39 is 11.2 Å². The van der Waals surface area contributed by atoms with E-state index in [2.05, 4.69) is 4.98 Å². The molecular formula is C10H13FN2O. The second-order valence-electron chi connectivity index (χ2n) is 3.81. The van der Waals surface area contributed by atoms with Crippen molar-refractivity contribution < 1.29 is 9.18 Å². The molecule has 0 spiro atoms. The monoisotopic (exact) mass is 196 g/mol. The zero-order chi connectivity index (χ0) is 10.8. The van der Waals surface area contributed by atoms with Gasteiger partial charge in [0.25, 0.3) is 0 Å². The second kappa shape index (κ2) is 3.84. The summed E-state index contributed by atoms with van der Waals surface area (Å²) in [6.07, 6.45) is 2.41. The fraction of sp³-hybridized carbons (Fsp3) is 0.400. The van der Waals surface area contributed by atoms with Crippen LogP contribution in [0.4, 0.5) is 4.39 Å². The van der Waals surface area contributed by atoms with Gasteiger partial charge >= 0.3 is 0 Å². The summed E-state index contributed by atoms with van der Waals surface area (Å²) in [7, 11) is 0. The largest absolute Gasteiger partial charge is 0.329 e. The summed E-state index contributed by atoms with van der Waals surface area (Å²) in [6.45, 7) is 3.67. The first kappa shape index (κ1) is 10.8. The third-order valence-corrected chi connectivity index (χ3v) is 2.09. The highest BCUT2D eigenvalue weighted by Gasteiger charge is 2.27. The van der Waals surface area contributed by atoms with Gasteiger partial charge in [-0.3, -0.25) is 9.78 Å². The van der Waals surface area contributed by atoms with Crippen molar-refractivity contribution in [2.24, 2.45) is 11.1 Å². The van der Waals surface area contributed by atoms with Gasteiger partial charge in [-0.15, -0.1) is 0 Å². The highest BCUT2D eigenvalue weighted by atomic mass is 19.1. The average Bonchev–Trinajstić information content (AvgIpc) is 2.16. The van der Waals surface area contributed by atoms with Crippen molar-refractivity contribution in [2.75, 3.05) is 6.54 Å². The summed E-state index contributed by atoms with van der Waals surface area (Å²) in [5.41, 5.74) is 5.04. The van der Waals surface area contributed by atoms with Gasteiger partial charge in [-0.05, 0) is 6.07 Å². The molecule has 0 saturated carbocycles. The molecule has 0 atom stereocenters. The van der Waals surface area contributed by atoms with Crippen molar-refractivity contribution in [3.63, 3.8) is 0 Å². The quantitative estimate of drug-likeness (QED) is 0.743. The zero-order valence-corrected chi connectivity index (χ0v) is 8.25. The first-order chi connectivity index (χ1) is 6.47. The summed E-state index contributed by atoms with van der Waals surface area (Å²) in [6, 6.07) is 1.17. The molecule has 2 N–H and O–H groups in total. The van der Waals surface area contributed by atoms with Crippen LogP contribution in [-0.4, -0.2) is 17.3 Å². The molecule has 0 amide bonds. The molecule has 1 aromatic rings. The summed E-state index contributed by atoms with van der Waals surface area (Å²) in [4.78, 5) is 15.4. The number of carbonyl (C=O) groups excluding carboxylic acids is 1. The van der Waals surface area contributed by atoms with Gasteiger partial charge in [0.05, 0.1) is 6.20 Å². The van der Waals surface area contributed by atoms with Crippen LogP contribution < -0.4 is 5.73 Å². The Morgan fingerprint density at radius 1 is 1.57 bits per heavy atom. The summed E-state index contributed by atoms with van der Waals surface area (Å²) < 4.78 is 12.8. The van der Waals surface area contributed by atoms with Crippen LogP contribution in [0.1, 0.15) is 24.2 Å². The highest BCUT2D eigenvalue weighted by molar-refractivity contribution is 5.99. The van der Waals surface area contributed by atoms with E-state index in [0.29, 0.717) is 0 Å². The molecule has 0 fully saturated rings. The Morgan fingerprint density at radius 3 is 2.71 bits per heavy atom. The Morgan fingerprint density at radius 2 is 2.21 bits per heavy atom. The fourth-order valence-electron chi connectivity index (χ4n) is 1.02. The van der Waals surface area contributed by atoms with Crippen molar-refractivity contribution in [3.05, 3.63) is 29.8 Å². The molecule has 14 heavy (non-hydrogen) atoms. The first-order valence-electron chi connectivity index (χ1n) is 4.33. The first-order valence-corrected chi connectivity index (χ1v) is 4.33. The van der Waals surface area contributed by atoms with E-state index >= 15 is 0 Å². The van der Waals surface area contributed by atoms with E-state index in [0.717, 1.165) is 6.20 Å². The van der Waals surface area contributed by atoms with E-state index in [1.165, 1.54) is 12.3 Å². The van der Waals surface area contributed by atoms with Crippen molar-refractivity contribution in [1.82, 2.24) is 4.98 Å². The Labute approximate surface area is 82.1 Å². The maximum Gasteiger partial charge on any atom is 0.171 e. The zero-order valence-electron chi connectivity index (χ0n) is 8.25. The van der Waals surface area contributed by atoms with Gasteiger partial charge in [0.15, 0.2) is 5.78 Å². The molecule has 0 aliphatic carbocycles. The van der Waals surface area contributed by atoms with E-state index in [4.69, 9.17) is 5.73 Å². The number of nitrogens with two attached hydrogens (primary N) is 1. The molecule has 0 radical (unpaired) electrons. The standard InChI is InChI=1S/C10H13FN2O/c1-10(2,6-12)9(14)7-3-8(11)5-13-4-7/h3-5H,6,12H2,1-2H3. The molecule has 0 saturated heterocycles. The topological polar surface area (TPSA) is 56.0 Å². The van der Waals surface area contributed by atoms with E-state index in [1.807, 2.05) is 0 Å². The number of hydrogen-bond donors (Lipinski definition) is 1. The van der Waals surface area contributed by atoms with Crippen molar-refractivity contribution in [1.29, 1.82) is 0 Å². The molecule has 1 heterocycles. The molecule has 3 nitrogen and oxygen atoms in total. The average molecular weight is 196 g/mol. The van der Waals surface area contributed by atoms with Crippen LogP contribution in [-0.2, 0) is 0 Å². The number of halogens is 1. The number of Topliss-reactive ketones (excluding diaryl/α,β-unsaturated/α-hetero) is 1. The molecule has 76 valence electrons. The van der Waals surface area contributed by atoms with Gasteiger partial charge in [-0.1, -0.05) is 13.8 Å². The molecule has 0 aliphatic rings. The molecule has 0 aromatic carbocycles. The van der Waals surface area contributed by atoms with Gasteiger partial charge in [-0.2, -0.15) is 0 Å². The smallest absolute Gasteiger partial charge is 0.171 e. The van der Waals surface area contributed by atoms with Crippen molar-refractivity contribution in [3.8, 4) is 0 Å². The van der Waals surface area contributed by atoms with Crippen LogP contribution in [0.25, 0.3) is 0 Å². The number of hydrogen-bond acceptors (Lipinski definition) is 3. The number of nitrogens with zero attached hydrogens (tertiary/aromatic N) is 1. The highest BCUT2D eigenvalue weighted by Crippen LogP contribution is 2.20. The maximum absolute atomic E-state index is 12.8. The third kappa shape index (κ3) is 2.14. The molecule has 0 aliphatic heterocycles. The lowest BCUT2D eigenvalue weighted by atomic mass is 9.85. The minimum absolute atomic E-state index is 0.188. The number of carbonyl (C=O) groups is 1. The van der Waals surface area contributed by atoms with Gasteiger partial charge in [-0.25, -0.2) is 4.39 Å². The van der Waals surface area contributed by atoms with Crippen LogP contribution >= 0.6 is 0 Å². The molecule has 0 bridgehead atoms. The second-order valence-corrected chi connectivity index (χ2v) is 3.81. The van der Waals surface area contributed by atoms with Gasteiger partial charge in [0.2, 0.25) is 0 Å². The lowest BCUT2D eigenvalue weighted by molar-refractivity contribution is 0.0846. The molecule has 4 heteroatoms. The van der Waals surface area contributed by atoms with E-state index in [-0.39, 0.29) is 17.9 Å². The minimum atomic E-state index is -0.671. The molecule has 1 rings (SSSR count). The van der Waals surface area contributed by atoms with Crippen LogP contribution in [0.5, 0.6) is 0 Å². The van der Waals surface area contributed by atoms with Gasteiger partial charge in [0.1, 0.15) is 5.82 Å². The summed E-state index contributed by atoms with van der Waals surface area (Å²) >= 11 is 0. The fourth-order valence-corrected chi connectivity index (χ4v) is 1.02. The van der Waals surface area contributed by atoms with E-state index in [9.17, 15) is 9.18 Å². The molecular weight excluding hydrogens is 183 g/mol. The molecule has 0 unspecified atom stereocenters. The number of pyridine rings is 1. The Balaban J connectivity index is 3.01. The lowest BCUT2D eigenvalue weighted by Gasteiger charge is -2.20. The van der Waals surface area contributed by atoms with Gasteiger partial charge < -0.3 is 5.73 Å². The van der Waals surface area contributed by atoms with Gasteiger partial charge in [0, 0.05) is 23.7 Å². The van der Waals surface area contributed by atoms with Crippen molar-refractivity contribution in [2.45, 2.75) is 13.8 Å². The number of aromatic nitrogens is 1. The Hall–Kier alpha value is -1.29. The summed E-state index contributed by atoms with van der Waals surface area (Å²) in [5.74, 6) is -0.698.